The fraction of sp³-hybridized carbons (Fsp3) is 0.500. The summed E-state index contributed by atoms with van der Waals surface area (Å²) in [5.74, 6) is -0.298. The SMILES string of the molecule is CCOC(=O)c1ccccc1NC(CC)COC. The lowest BCUT2D eigenvalue weighted by Crippen LogP contribution is -2.25. The Kier molecular flexibility index (Phi) is 6.22. The molecule has 0 heterocycles. The van der Waals surface area contributed by atoms with E-state index in [4.69, 9.17) is 9.47 Å². The van der Waals surface area contributed by atoms with Crippen LogP contribution in [0.15, 0.2) is 24.3 Å². The second kappa shape index (κ2) is 7.71. The molecule has 0 aromatic heterocycles. The minimum Gasteiger partial charge on any atom is -0.462 e. The molecule has 0 saturated heterocycles. The molecule has 1 unspecified atom stereocenters. The van der Waals surface area contributed by atoms with Gasteiger partial charge in [0.05, 0.1) is 18.8 Å². The molecule has 0 bridgehead atoms. The van der Waals surface area contributed by atoms with E-state index in [1.807, 2.05) is 18.2 Å². The molecule has 0 aliphatic rings. The minimum atomic E-state index is -0.298. The number of ether oxygens (including phenoxy) is 2. The van der Waals surface area contributed by atoms with Crippen LogP contribution in [0.5, 0.6) is 0 Å². The molecule has 18 heavy (non-hydrogen) atoms. The second-order valence-corrected chi connectivity index (χ2v) is 3.97. The molecule has 1 aromatic rings. The van der Waals surface area contributed by atoms with Crippen LogP contribution in [0, 0.1) is 0 Å². The summed E-state index contributed by atoms with van der Waals surface area (Å²) in [6.07, 6.45) is 0.922. The normalized spacial score (nSPS) is 11.9. The number of esters is 1. The van der Waals surface area contributed by atoms with Gasteiger partial charge in [0.1, 0.15) is 0 Å². The van der Waals surface area contributed by atoms with Crippen LogP contribution in [0.4, 0.5) is 5.69 Å². The molecule has 1 aromatic carbocycles. The van der Waals surface area contributed by atoms with Crippen LogP contribution < -0.4 is 5.32 Å². The smallest absolute Gasteiger partial charge is 0.340 e. The average molecular weight is 251 g/mol. The van der Waals surface area contributed by atoms with Gasteiger partial charge in [0.15, 0.2) is 0 Å². The number of para-hydroxylation sites is 1. The molecule has 1 N–H and O–H groups in total. The Morgan fingerprint density at radius 1 is 1.33 bits per heavy atom. The molecule has 0 aliphatic heterocycles. The minimum absolute atomic E-state index is 0.186. The van der Waals surface area contributed by atoms with Crippen molar-refractivity contribution in [2.45, 2.75) is 26.3 Å². The van der Waals surface area contributed by atoms with Gasteiger partial charge in [-0.3, -0.25) is 0 Å². The standard InChI is InChI=1S/C14H21NO3/c1-4-11(10-17-3)15-13-9-7-6-8-12(13)14(16)18-5-2/h6-9,11,15H,4-5,10H2,1-3H3. The van der Waals surface area contributed by atoms with Crippen molar-refractivity contribution in [3.05, 3.63) is 29.8 Å². The summed E-state index contributed by atoms with van der Waals surface area (Å²) >= 11 is 0. The van der Waals surface area contributed by atoms with E-state index >= 15 is 0 Å². The molecule has 0 spiro atoms. The highest BCUT2D eigenvalue weighted by molar-refractivity contribution is 5.95. The predicted octanol–water partition coefficient (Wildman–Crippen LogP) is 2.70. The number of rotatable bonds is 7. The number of carbonyl (C=O) groups excluding carboxylic acids is 1. The van der Waals surface area contributed by atoms with E-state index in [2.05, 4.69) is 12.2 Å². The maximum absolute atomic E-state index is 11.8. The topological polar surface area (TPSA) is 47.6 Å². The van der Waals surface area contributed by atoms with Crippen molar-refractivity contribution in [2.75, 3.05) is 25.6 Å². The van der Waals surface area contributed by atoms with Crippen LogP contribution in [0.1, 0.15) is 30.6 Å². The first-order valence-corrected chi connectivity index (χ1v) is 6.24. The number of nitrogens with one attached hydrogen (secondary N) is 1. The Morgan fingerprint density at radius 2 is 2.06 bits per heavy atom. The number of hydrogen-bond acceptors (Lipinski definition) is 4. The zero-order valence-electron chi connectivity index (χ0n) is 11.2. The molecule has 0 amide bonds. The van der Waals surface area contributed by atoms with E-state index in [1.54, 1.807) is 20.1 Å². The number of carbonyl (C=O) groups is 1. The van der Waals surface area contributed by atoms with Crippen LogP contribution in [0.3, 0.4) is 0 Å². The molecule has 100 valence electrons. The Balaban J connectivity index is 2.84. The van der Waals surface area contributed by atoms with Crippen LogP contribution in [-0.2, 0) is 9.47 Å². The summed E-state index contributed by atoms with van der Waals surface area (Å²) in [5.41, 5.74) is 1.36. The van der Waals surface area contributed by atoms with Gasteiger partial charge in [-0.05, 0) is 25.5 Å². The third kappa shape index (κ3) is 4.04. The quantitative estimate of drug-likeness (QED) is 0.757. The van der Waals surface area contributed by atoms with Crippen molar-refractivity contribution in [2.24, 2.45) is 0 Å². The van der Waals surface area contributed by atoms with Crippen molar-refractivity contribution < 1.29 is 14.3 Å². The first-order valence-electron chi connectivity index (χ1n) is 6.24. The van der Waals surface area contributed by atoms with Crippen molar-refractivity contribution >= 4 is 11.7 Å². The van der Waals surface area contributed by atoms with Crippen molar-refractivity contribution in [1.29, 1.82) is 0 Å². The van der Waals surface area contributed by atoms with E-state index in [1.165, 1.54) is 0 Å². The Labute approximate surface area is 108 Å². The summed E-state index contributed by atoms with van der Waals surface area (Å²) in [6.45, 7) is 4.85. The number of hydrogen-bond donors (Lipinski definition) is 1. The Bertz CT molecular complexity index is 379. The van der Waals surface area contributed by atoms with Crippen LogP contribution in [0.25, 0.3) is 0 Å². The molecular weight excluding hydrogens is 230 g/mol. The van der Waals surface area contributed by atoms with Gasteiger partial charge in [-0.2, -0.15) is 0 Å². The number of benzene rings is 1. The van der Waals surface area contributed by atoms with Crippen LogP contribution in [-0.4, -0.2) is 32.3 Å². The lowest BCUT2D eigenvalue weighted by molar-refractivity contribution is 0.0527. The highest BCUT2D eigenvalue weighted by Gasteiger charge is 2.14. The first kappa shape index (κ1) is 14.5. The highest BCUT2D eigenvalue weighted by Crippen LogP contribution is 2.18. The second-order valence-electron chi connectivity index (χ2n) is 3.97. The van der Waals surface area contributed by atoms with Gasteiger partial charge in [-0.25, -0.2) is 4.79 Å². The molecule has 1 rings (SSSR count). The summed E-state index contributed by atoms with van der Waals surface area (Å²) in [4.78, 5) is 11.8. The molecule has 0 fully saturated rings. The van der Waals surface area contributed by atoms with Crippen molar-refractivity contribution in [1.82, 2.24) is 0 Å². The van der Waals surface area contributed by atoms with Gasteiger partial charge >= 0.3 is 5.97 Å². The summed E-state index contributed by atoms with van der Waals surface area (Å²) < 4.78 is 10.2. The lowest BCUT2D eigenvalue weighted by atomic mass is 10.1. The van der Waals surface area contributed by atoms with E-state index in [0.717, 1.165) is 12.1 Å². The van der Waals surface area contributed by atoms with Gasteiger partial charge in [0.25, 0.3) is 0 Å². The molecule has 0 aliphatic carbocycles. The maximum atomic E-state index is 11.8. The number of anilines is 1. The van der Waals surface area contributed by atoms with Crippen LogP contribution in [0.2, 0.25) is 0 Å². The van der Waals surface area contributed by atoms with Crippen molar-refractivity contribution in [3.8, 4) is 0 Å². The van der Waals surface area contributed by atoms with Gasteiger partial charge in [0.2, 0.25) is 0 Å². The molecule has 4 nitrogen and oxygen atoms in total. The summed E-state index contributed by atoms with van der Waals surface area (Å²) in [5, 5.41) is 3.31. The molecular formula is C14H21NO3. The molecule has 0 radical (unpaired) electrons. The third-order valence-electron chi connectivity index (χ3n) is 2.64. The molecule has 4 heteroatoms. The first-order chi connectivity index (χ1) is 8.72. The Morgan fingerprint density at radius 3 is 2.67 bits per heavy atom. The van der Waals surface area contributed by atoms with Gasteiger partial charge < -0.3 is 14.8 Å². The van der Waals surface area contributed by atoms with E-state index in [0.29, 0.717) is 18.8 Å². The molecule has 0 saturated carbocycles. The third-order valence-corrected chi connectivity index (χ3v) is 2.64. The zero-order valence-corrected chi connectivity index (χ0v) is 11.2. The zero-order chi connectivity index (χ0) is 13.4. The Hall–Kier alpha value is -1.55. The predicted molar refractivity (Wildman–Crippen MR) is 72.0 cm³/mol. The monoisotopic (exact) mass is 251 g/mol. The van der Waals surface area contributed by atoms with E-state index < -0.39 is 0 Å². The van der Waals surface area contributed by atoms with Gasteiger partial charge in [-0.1, -0.05) is 19.1 Å². The van der Waals surface area contributed by atoms with E-state index in [9.17, 15) is 4.79 Å². The highest BCUT2D eigenvalue weighted by atomic mass is 16.5. The van der Waals surface area contributed by atoms with Crippen molar-refractivity contribution in [3.63, 3.8) is 0 Å². The largest absolute Gasteiger partial charge is 0.462 e. The summed E-state index contributed by atoms with van der Waals surface area (Å²) in [7, 11) is 1.67. The fourth-order valence-corrected chi connectivity index (χ4v) is 1.68. The van der Waals surface area contributed by atoms with Crippen LogP contribution >= 0.6 is 0 Å². The molecule has 1 atom stereocenters. The fourth-order valence-electron chi connectivity index (χ4n) is 1.68. The maximum Gasteiger partial charge on any atom is 0.340 e. The lowest BCUT2D eigenvalue weighted by Gasteiger charge is -2.19. The van der Waals surface area contributed by atoms with Gasteiger partial charge in [0, 0.05) is 18.8 Å². The summed E-state index contributed by atoms with van der Waals surface area (Å²) in [6, 6.07) is 7.55. The average Bonchev–Trinajstić information content (AvgIpc) is 2.39. The van der Waals surface area contributed by atoms with Gasteiger partial charge in [-0.15, -0.1) is 0 Å². The number of methoxy groups -OCH3 is 1. The van der Waals surface area contributed by atoms with E-state index in [-0.39, 0.29) is 12.0 Å².